The van der Waals surface area contributed by atoms with Gasteiger partial charge in [-0.2, -0.15) is 0 Å². The Morgan fingerprint density at radius 3 is 2.89 bits per heavy atom. The Morgan fingerprint density at radius 2 is 2.19 bits per heavy atom. The smallest absolute Gasteiger partial charge is 0.348 e. The van der Waals surface area contributed by atoms with Gasteiger partial charge in [-0.15, -0.1) is 5.10 Å². The molecule has 1 aliphatic rings. The van der Waals surface area contributed by atoms with E-state index in [0.717, 1.165) is 23.1 Å². The molecular formula is C19H20FN5O2. The van der Waals surface area contributed by atoms with E-state index in [1.807, 2.05) is 6.07 Å². The lowest BCUT2D eigenvalue weighted by atomic mass is 10.1. The summed E-state index contributed by atoms with van der Waals surface area (Å²) in [5.74, 6) is -0.273. The number of aromatic nitrogens is 4. The molecule has 0 aromatic carbocycles. The average molecular weight is 369 g/mol. The summed E-state index contributed by atoms with van der Waals surface area (Å²) in [5.41, 5.74) is 2.14. The maximum absolute atomic E-state index is 13.7. The largest absolute Gasteiger partial charge is 0.350 e. The second-order valence-electron chi connectivity index (χ2n) is 7.03. The third-order valence-electron chi connectivity index (χ3n) is 4.87. The summed E-state index contributed by atoms with van der Waals surface area (Å²) in [7, 11) is 0. The average Bonchev–Trinajstić information content (AvgIpc) is 3.44. The Labute approximate surface area is 154 Å². The van der Waals surface area contributed by atoms with Crippen LogP contribution in [0.15, 0.2) is 35.4 Å². The van der Waals surface area contributed by atoms with Crippen molar-refractivity contribution in [3.05, 3.63) is 63.7 Å². The van der Waals surface area contributed by atoms with Crippen LogP contribution in [0.1, 0.15) is 48.5 Å². The van der Waals surface area contributed by atoms with Crippen LogP contribution in [0.25, 0.3) is 5.65 Å². The van der Waals surface area contributed by atoms with Crippen molar-refractivity contribution in [3.63, 3.8) is 0 Å². The number of pyridine rings is 2. The van der Waals surface area contributed by atoms with Gasteiger partial charge < -0.3 is 5.32 Å². The van der Waals surface area contributed by atoms with Gasteiger partial charge in [0.15, 0.2) is 5.65 Å². The highest BCUT2D eigenvalue weighted by Gasteiger charge is 2.24. The molecule has 1 N–H and O–H groups in total. The van der Waals surface area contributed by atoms with E-state index in [2.05, 4.69) is 15.4 Å². The van der Waals surface area contributed by atoms with Crippen molar-refractivity contribution in [1.82, 2.24) is 24.5 Å². The number of halogens is 1. The zero-order valence-electron chi connectivity index (χ0n) is 15.1. The lowest BCUT2D eigenvalue weighted by molar-refractivity contribution is -0.122. The third-order valence-corrected chi connectivity index (χ3v) is 4.87. The van der Waals surface area contributed by atoms with Crippen LogP contribution in [0.4, 0.5) is 4.39 Å². The molecule has 1 amide bonds. The number of rotatable bonds is 5. The molecule has 7 nitrogen and oxygen atoms in total. The summed E-state index contributed by atoms with van der Waals surface area (Å²) in [5, 5.41) is 6.96. The molecule has 0 saturated heterocycles. The highest BCUT2D eigenvalue weighted by atomic mass is 19.1. The molecule has 1 atom stereocenters. The Hall–Kier alpha value is -3.03. The minimum atomic E-state index is -0.436. The van der Waals surface area contributed by atoms with E-state index in [4.69, 9.17) is 0 Å². The molecule has 0 radical (unpaired) electrons. The van der Waals surface area contributed by atoms with E-state index in [-0.39, 0.29) is 18.1 Å². The van der Waals surface area contributed by atoms with Crippen molar-refractivity contribution in [2.45, 2.75) is 45.2 Å². The van der Waals surface area contributed by atoms with Gasteiger partial charge in [-0.1, -0.05) is 6.07 Å². The van der Waals surface area contributed by atoms with E-state index in [0.29, 0.717) is 22.8 Å². The fraction of sp³-hybridized carbons (Fsp3) is 0.368. The Morgan fingerprint density at radius 1 is 1.41 bits per heavy atom. The standard InChI is InChI=1S/C19H20FN5O2/c1-11(15-7-16(20)12(2)21-8-15)22-18(26)10-25-19(27)24-9-14(13-3-4-13)5-6-17(24)23-25/h5-9,11,13H,3-4,10H2,1-2H3,(H,22,26)/t11-/m0/s1. The van der Waals surface area contributed by atoms with Crippen LogP contribution in [0.3, 0.4) is 0 Å². The first-order valence-electron chi connectivity index (χ1n) is 8.93. The monoisotopic (exact) mass is 369 g/mol. The van der Waals surface area contributed by atoms with Gasteiger partial charge in [0.1, 0.15) is 12.4 Å². The number of nitrogens with one attached hydrogen (secondary N) is 1. The molecular weight excluding hydrogens is 349 g/mol. The van der Waals surface area contributed by atoms with Crippen LogP contribution >= 0.6 is 0 Å². The minimum Gasteiger partial charge on any atom is -0.348 e. The van der Waals surface area contributed by atoms with Gasteiger partial charge in [0.25, 0.3) is 0 Å². The van der Waals surface area contributed by atoms with Crippen LogP contribution in [-0.2, 0) is 11.3 Å². The number of hydrogen-bond acceptors (Lipinski definition) is 4. The number of hydrogen-bond donors (Lipinski definition) is 1. The molecule has 3 aromatic rings. The van der Waals surface area contributed by atoms with Gasteiger partial charge in [0, 0.05) is 12.4 Å². The lowest BCUT2D eigenvalue weighted by Crippen LogP contribution is -2.34. The molecule has 140 valence electrons. The van der Waals surface area contributed by atoms with Gasteiger partial charge in [-0.05, 0) is 55.9 Å². The highest BCUT2D eigenvalue weighted by molar-refractivity contribution is 5.76. The van der Waals surface area contributed by atoms with Gasteiger partial charge in [-0.25, -0.2) is 18.3 Å². The molecule has 1 saturated carbocycles. The summed E-state index contributed by atoms with van der Waals surface area (Å²) in [6.07, 6.45) is 5.62. The first-order valence-corrected chi connectivity index (χ1v) is 8.93. The number of fused-ring (bicyclic) bond motifs is 1. The molecule has 0 aliphatic heterocycles. The molecule has 3 heterocycles. The highest BCUT2D eigenvalue weighted by Crippen LogP contribution is 2.39. The molecule has 1 aliphatic carbocycles. The van der Waals surface area contributed by atoms with Crippen LogP contribution in [0.2, 0.25) is 0 Å². The summed E-state index contributed by atoms with van der Waals surface area (Å²) in [6.45, 7) is 3.11. The Bertz CT molecular complexity index is 1080. The van der Waals surface area contributed by atoms with E-state index < -0.39 is 11.9 Å². The van der Waals surface area contributed by atoms with Crippen LogP contribution in [0, 0.1) is 12.7 Å². The van der Waals surface area contributed by atoms with Crippen molar-refractivity contribution in [2.75, 3.05) is 0 Å². The third kappa shape index (κ3) is 3.47. The van der Waals surface area contributed by atoms with Crippen LogP contribution < -0.4 is 11.0 Å². The molecule has 0 spiro atoms. The second kappa shape index (κ2) is 6.61. The Kier molecular flexibility index (Phi) is 4.25. The first-order chi connectivity index (χ1) is 12.9. The summed E-state index contributed by atoms with van der Waals surface area (Å²) >= 11 is 0. The predicted molar refractivity (Wildman–Crippen MR) is 96.9 cm³/mol. The van der Waals surface area contributed by atoms with Crippen LogP contribution in [0.5, 0.6) is 0 Å². The van der Waals surface area contributed by atoms with Crippen molar-refractivity contribution in [3.8, 4) is 0 Å². The fourth-order valence-electron chi connectivity index (χ4n) is 3.06. The van der Waals surface area contributed by atoms with E-state index in [1.165, 1.54) is 16.7 Å². The molecule has 3 aromatic heterocycles. The number of amides is 1. The van der Waals surface area contributed by atoms with Gasteiger partial charge >= 0.3 is 5.69 Å². The maximum Gasteiger partial charge on any atom is 0.350 e. The number of carbonyl (C=O) groups is 1. The molecule has 0 bridgehead atoms. The topological polar surface area (TPSA) is 81.3 Å². The molecule has 1 fully saturated rings. The number of nitrogens with zero attached hydrogens (tertiary/aromatic N) is 4. The molecule has 0 unspecified atom stereocenters. The van der Waals surface area contributed by atoms with Crippen molar-refractivity contribution in [1.29, 1.82) is 0 Å². The second-order valence-corrected chi connectivity index (χ2v) is 7.03. The Balaban J connectivity index is 1.49. The van der Waals surface area contributed by atoms with E-state index in [9.17, 15) is 14.0 Å². The normalized spacial score (nSPS) is 15.1. The van der Waals surface area contributed by atoms with Gasteiger partial charge in [0.2, 0.25) is 5.91 Å². The summed E-state index contributed by atoms with van der Waals surface area (Å²) < 4.78 is 16.3. The maximum atomic E-state index is 13.7. The number of carbonyl (C=O) groups excluding carboxylic acids is 1. The zero-order valence-corrected chi connectivity index (χ0v) is 15.1. The molecule has 4 rings (SSSR count). The molecule has 8 heteroatoms. The SMILES string of the molecule is Cc1ncc([C@H](C)NC(=O)Cn2nc3ccc(C4CC4)cn3c2=O)cc1F. The predicted octanol–water partition coefficient (Wildman–Crippen LogP) is 2.09. The van der Waals surface area contributed by atoms with E-state index in [1.54, 1.807) is 26.1 Å². The van der Waals surface area contributed by atoms with Crippen LogP contribution in [-0.4, -0.2) is 25.1 Å². The summed E-state index contributed by atoms with van der Waals surface area (Å²) in [4.78, 5) is 28.8. The lowest BCUT2D eigenvalue weighted by Gasteiger charge is -2.14. The van der Waals surface area contributed by atoms with Gasteiger partial charge in [-0.3, -0.25) is 9.78 Å². The number of aryl methyl sites for hydroxylation is 1. The molecule has 27 heavy (non-hydrogen) atoms. The van der Waals surface area contributed by atoms with Crippen molar-refractivity contribution >= 4 is 11.6 Å². The van der Waals surface area contributed by atoms with Gasteiger partial charge in [0.05, 0.1) is 11.7 Å². The quantitative estimate of drug-likeness (QED) is 0.747. The van der Waals surface area contributed by atoms with Crippen molar-refractivity contribution < 1.29 is 9.18 Å². The fourth-order valence-corrected chi connectivity index (χ4v) is 3.06. The van der Waals surface area contributed by atoms with Crippen molar-refractivity contribution in [2.24, 2.45) is 0 Å². The first kappa shape index (κ1) is 17.4. The van der Waals surface area contributed by atoms with E-state index >= 15 is 0 Å². The zero-order chi connectivity index (χ0) is 19.1. The summed E-state index contributed by atoms with van der Waals surface area (Å²) in [6, 6.07) is 4.69. The minimum absolute atomic E-state index is 0.203.